The van der Waals surface area contributed by atoms with Crippen LogP contribution in [0.3, 0.4) is 0 Å². The van der Waals surface area contributed by atoms with Crippen molar-refractivity contribution in [3.05, 3.63) is 64.7 Å². The van der Waals surface area contributed by atoms with Crippen LogP contribution in [0, 0.1) is 0 Å². The fraction of sp³-hybridized carbons (Fsp3) is 0.143. The van der Waals surface area contributed by atoms with Crippen molar-refractivity contribution in [1.82, 2.24) is 0 Å². The molecule has 2 N–H and O–H groups in total. The molecule has 0 heterocycles. The second-order valence-corrected chi connectivity index (χ2v) is 6.58. The van der Waals surface area contributed by atoms with E-state index in [1.54, 1.807) is 30.3 Å². The van der Waals surface area contributed by atoms with Gasteiger partial charge in [-0.05, 0) is 23.3 Å². The maximum atomic E-state index is 12.3. The van der Waals surface area contributed by atoms with Crippen LogP contribution in [0.1, 0.15) is 11.1 Å². The molecule has 0 radical (unpaired) electrons. The topological polar surface area (TPSA) is 60.2 Å². The van der Waals surface area contributed by atoms with Crippen molar-refractivity contribution in [2.24, 2.45) is 5.73 Å². The Morgan fingerprint density at radius 2 is 1.53 bits per heavy atom. The fourth-order valence-corrected chi connectivity index (χ4v) is 3.69. The van der Waals surface area contributed by atoms with E-state index < -0.39 is 9.84 Å². The molecule has 5 heteroatoms. The Labute approximate surface area is 117 Å². The van der Waals surface area contributed by atoms with Gasteiger partial charge in [0.25, 0.3) is 0 Å². The quantitative estimate of drug-likeness (QED) is 0.943. The zero-order valence-electron chi connectivity index (χ0n) is 10.2. The zero-order chi connectivity index (χ0) is 13.9. The average molecular weight is 296 g/mol. The number of rotatable bonds is 4. The van der Waals surface area contributed by atoms with E-state index in [4.69, 9.17) is 17.3 Å². The van der Waals surface area contributed by atoms with E-state index in [1.165, 1.54) is 6.07 Å². The number of sulfone groups is 1. The SMILES string of the molecule is NCc1ccc(CS(=O)(=O)c2ccccc2Cl)cc1. The predicted octanol–water partition coefficient (Wildman–Crippen LogP) is 2.77. The summed E-state index contributed by atoms with van der Waals surface area (Å²) in [4.78, 5) is 0.166. The Bertz CT molecular complexity index is 666. The second kappa shape index (κ2) is 5.74. The molecule has 2 aromatic rings. The first-order valence-corrected chi connectivity index (χ1v) is 7.81. The lowest BCUT2D eigenvalue weighted by Gasteiger charge is -2.07. The average Bonchev–Trinajstić information content (AvgIpc) is 2.39. The van der Waals surface area contributed by atoms with Crippen LogP contribution in [-0.2, 0) is 22.1 Å². The van der Waals surface area contributed by atoms with E-state index in [1.807, 2.05) is 12.1 Å². The molecule has 0 bridgehead atoms. The van der Waals surface area contributed by atoms with Crippen molar-refractivity contribution in [3.8, 4) is 0 Å². The van der Waals surface area contributed by atoms with Gasteiger partial charge in [0.2, 0.25) is 0 Å². The van der Waals surface area contributed by atoms with Gasteiger partial charge in [-0.25, -0.2) is 8.42 Å². The lowest BCUT2D eigenvalue weighted by Crippen LogP contribution is -2.06. The summed E-state index contributed by atoms with van der Waals surface area (Å²) in [5.74, 6) is -0.0679. The summed E-state index contributed by atoms with van der Waals surface area (Å²) >= 11 is 5.93. The van der Waals surface area contributed by atoms with Crippen molar-refractivity contribution in [2.45, 2.75) is 17.2 Å². The summed E-state index contributed by atoms with van der Waals surface area (Å²) in [6.07, 6.45) is 0. The van der Waals surface area contributed by atoms with Gasteiger partial charge >= 0.3 is 0 Å². The molecule has 0 aliphatic rings. The molecular weight excluding hydrogens is 282 g/mol. The van der Waals surface area contributed by atoms with Crippen LogP contribution in [0.25, 0.3) is 0 Å². The molecule has 0 aliphatic heterocycles. The highest BCUT2D eigenvalue weighted by atomic mass is 35.5. The predicted molar refractivity (Wildman–Crippen MR) is 76.7 cm³/mol. The molecule has 0 spiro atoms. The smallest absolute Gasteiger partial charge is 0.183 e. The Hall–Kier alpha value is -1.36. The molecule has 0 fully saturated rings. The summed E-state index contributed by atoms with van der Waals surface area (Å²) in [5.41, 5.74) is 7.19. The van der Waals surface area contributed by atoms with Gasteiger partial charge in [0, 0.05) is 6.54 Å². The van der Waals surface area contributed by atoms with Crippen molar-refractivity contribution in [3.63, 3.8) is 0 Å². The molecular formula is C14H14ClNO2S. The van der Waals surface area contributed by atoms with Gasteiger partial charge in [-0.15, -0.1) is 0 Å². The third kappa shape index (κ3) is 3.35. The van der Waals surface area contributed by atoms with Gasteiger partial charge in [0.1, 0.15) is 0 Å². The minimum atomic E-state index is -3.43. The molecule has 0 unspecified atom stereocenters. The van der Waals surface area contributed by atoms with Gasteiger partial charge in [-0.2, -0.15) is 0 Å². The highest BCUT2D eigenvalue weighted by Gasteiger charge is 2.18. The Kier molecular flexibility index (Phi) is 4.24. The molecule has 0 saturated heterocycles. The zero-order valence-corrected chi connectivity index (χ0v) is 11.8. The standard InChI is InChI=1S/C14H14ClNO2S/c15-13-3-1-2-4-14(13)19(17,18)10-12-7-5-11(9-16)6-8-12/h1-8H,9-10,16H2. The second-order valence-electron chi connectivity index (χ2n) is 4.21. The van der Waals surface area contributed by atoms with Crippen molar-refractivity contribution < 1.29 is 8.42 Å². The summed E-state index contributed by atoms with van der Waals surface area (Å²) in [5, 5.41) is 0.251. The largest absolute Gasteiger partial charge is 0.326 e. The van der Waals surface area contributed by atoms with E-state index in [9.17, 15) is 8.42 Å². The molecule has 0 saturated carbocycles. The molecule has 100 valence electrons. The fourth-order valence-electron chi connectivity index (χ4n) is 1.77. The van der Waals surface area contributed by atoms with Crippen LogP contribution < -0.4 is 5.73 Å². The van der Waals surface area contributed by atoms with Crippen LogP contribution in [0.15, 0.2) is 53.4 Å². The molecule has 0 aromatic heterocycles. The third-order valence-corrected chi connectivity index (χ3v) is 4.97. The summed E-state index contributed by atoms with van der Waals surface area (Å²) < 4.78 is 24.5. The number of benzene rings is 2. The van der Waals surface area contributed by atoms with Crippen LogP contribution in [0.5, 0.6) is 0 Å². The molecule has 19 heavy (non-hydrogen) atoms. The summed E-state index contributed by atoms with van der Waals surface area (Å²) in [7, 11) is -3.43. The normalized spacial score (nSPS) is 11.5. The van der Waals surface area contributed by atoms with Crippen LogP contribution in [-0.4, -0.2) is 8.42 Å². The van der Waals surface area contributed by atoms with E-state index in [0.29, 0.717) is 6.54 Å². The molecule has 0 aliphatic carbocycles. The first-order chi connectivity index (χ1) is 9.03. The molecule has 2 rings (SSSR count). The lowest BCUT2D eigenvalue weighted by atomic mass is 10.1. The van der Waals surface area contributed by atoms with Crippen LogP contribution in [0.2, 0.25) is 5.02 Å². The van der Waals surface area contributed by atoms with Crippen LogP contribution in [0.4, 0.5) is 0 Å². The highest BCUT2D eigenvalue weighted by molar-refractivity contribution is 7.90. The van der Waals surface area contributed by atoms with Crippen molar-refractivity contribution in [2.75, 3.05) is 0 Å². The number of hydrogen-bond acceptors (Lipinski definition) is 3. The Morgan fingerprint density at radius 1 is 0.947 bits per heavy atom. The van der Waals surface area contributed by atoms with Gasteiger partial charge in [-0.1, -0.05) is 48.0 Å². The maximum Gasteiger partial charge on any atom is 0.183 e. The minimum Gasteiger partial charge on any atom is -0.326 e. The Balaban J connectivity index is 2.28. The van der Waals surface area contributed by atoms with Crippen molar-refractivity contribution in [1.29, 1.82) is 0 Å². The van der Waals surface area contributed by atoms with Gasteiger partial charge in [-0.3, -0.25) is 0 Å². The lowest BCUT2D eigenvalue weighted by molar-refractivity contribution is 0.595. The molecule has 2 aromatic carbocycles. The van der Waals surface area contributed by atoms with Gasteiger partial charge < -0.3 is 5.73 Å². The Morgan fingerprint density at radius 3 is 2.11 bits per heavy atom. The van der Waals surface area contributed by atoms with E-state index in [-0.39, 0.29) is 15.7 Å². The molecule has 0 atom stereocenters. The number of halogens is 1. The summed E-state index contributed by atoms with van der Waals surface area (Å²) in [6.45, 7) is 0.442. The van der Waals surface area contributed by atoms with E-state index >= 15 is 0 Å². The third-order valence-electron chi connectivity index (χ3n) is 2.79. The van der Waals surface area contributed by atoms with Gasteiger partial charge in [0.05, 0.1) is 15.7 Å². The molecule has 3 nitrogen and oxygen atoms in total. The van der Waals surface area contributed by atoms with Gasteiger partial charge in [0.15, 0.2) is 9.84 Å². The first-order valence-electron chi connectivity index (χ1n) is 5.78. The van der Waals surface area contributed by atoms with Crippen LogP contribution >= 0.6 is 11.6 Å². The number of nitrogens with two attached hydrogens (primary N) is 1. The van der Waals surface area contributed by atoms with E-state index in [2.05, 4.69) is 0 Å². The maximum absolute atomic E-state index is 12.3. The van der Waals surface area contributed by atoms with Crippen molar-refractivity contribution >= 4 is 21.4 Å². The minimum absolute atomic E-state index is 0.0679. The monoisotopic (exact) mass is 295 g/mol. The highest BCUT2D eigenvalue weighted by Crippen LogP contribution is 2.24. The first kappa shape index (κ1) is 14.1. The molecule has 0 amide bonds. The number of hydrogen-bond donors (Lipinski definition) is 1. The van der Waals surface area contributed by atoms with E-state index in [0.717, 1.165) is 11.1 Å². The summed E-state index contributed by atoms with van der Waals surface area (Å²) in [6, 6.07) is 13.7.